The molecule has 0 aliphatic rings. The van der Waals surface area contributed by atoms with Gasteiger partial charge in [-0.25, -0.2) is 0 Å². The van der Waals surface area contributed by atoms with Crippen LogP contribution in [0.4, 0.5) is 5.69 Å². The second-order valence-corrected chi connectivity index (χ2v) is 4.00. The molecule has 0 aliphatic heterocycles. The van der Waals surface area contributed by atoms with Crippen molar-refractivity contribution >= 4 is 21.6 Å². The van der Waals surface area contributed by atoms with Crippen LogP contribution >= 0.6 is 15.9 Å². The van der Waals surface area contributed by atoms with E-state index < -0.39 is 0 Å². The number of hydrogen-bond donors (Lipinski definition) is 2. The molecule has 3 heteroatoms. The van der Waals surface area contributed by atoms with E-state index in [9.17, 15) is 0 Å². The van der Waals surface area contributed by atoms with E-state index >= 15 is 0 Å². The Morgan fingerprint density at radius 3 is 2.71 bits per heavy atom. The van der Waals surface area contributed by atoms with Crippen LogP contribution in [0.2, 0.25) is 0 Å². The second-order valence-electron chi connectivity index (χ2n) is 3.44. The fourth-order valence-electron chi connectivity index (χ4n) is 1.21. The van der Waals surface area contributed by atoms with E-state index in [1.54, 1.807) is 0 Å². The Labute approximate surface area is 94.2 Å². The van der Waals surface area contributed by atoms with Gasteiger partial charge in [-0.15, -0.1) is 0 Å². The van der Waals surface area contributed by atoms with Crippen molar-refractivity contribution in [2.24, 2.45) is 0 Å². The minimum atomic E-state index is 0.291. The molecule has 0 spiro atoms. The maximum absolute atomic E-state index is 3.46. The molecule has 78 valence electrons. The van der Waals surface area contributed by atoms with Gasteiger partial charge in [0, 0.05) is 11.0 Å². The van der Waals surface area contributed by atoms with Crippen LogP contribution in [-0.2, 0) is 5.33 Å². The Hall–Kier alpha value is -0.540. The highest BCUT2D eigenvalue weighted by atomic mass is 79.9. The van der Waals surface area contributed by atoms with Crippen LogP contribution < -0.4 is 10.6 Å². The zero-order valence-corrected chi connectivity index (χ0v) is 10.5. The molecule has 0 amide bonds. The molecule has 14 heavy (non-hydrogen) atoms. The minimum absolute atomic E-state index is 0.291. The van der Waals surface area contributed by atoms with Gasteiger partial charge in [0.25, 0.3) is 0 Å². The molecule has 2 N–H and O–H groups in total. The average molecular weight is 257 g/mol. The summed E-state index contributed by atoms with van der Waals surface area (Å²) in [5.41, 5.74) is 3.77. The van der Waals surface area contributed by atoms with Gasteiger partial charge in [0.15, 0.2) is 0 Å². The molecule has 0 saturated heterocycles. The molecule has 1 unspecified atom stereocenters. The Kier molecular flexibility index (Phi) is 4.42. The van der Waals surface area contributed by atoms with Crippen molar-refractivity contribution in [3.63, 3.8) is 0 Å². The molecule has 0 heterocycles. The second kappa shape index (κ2) is 5.37. The van der Waals surface area contributed by atoms with Crippen molar-refractivity contribution in [3.05, 3.63) is 29.3 Å². The number of anilines is 1. The minimum Gasteiger partial charge on any atom is -0.370 e. The summed E-state index contributed by atoms with van der Waals surface area (Å²) in [6, 6.07) is 6.46. The number of hydrogen-bond acceptors (Lipinski definition) is 2. The summed E-state index contributed by atoms with van der Waals surface area (Å²) in [5, 5.41) is 7.46. The SMILES string of the molecule is CNC(C)Nc1cc(CBr)ccc1C. The van der Waals surface area contributed by atoms with Gasteiger partial charge >= 0.3 is 0 Å². The predicted molar refractivity (Wildman–Crippen MR) is 66.0 cm³/mol. The molecule has 1 rings (SSSR count). The molecule has 1 atom stereocenters. The van der Waals surface area contributed by atoms with Crippen molar-refractivity contribution in [1.29, 1.82) is 0 Å². The van der Waals surface area contributed by atoms with E-state index in [0.29, 0.717) is 6.17 Å². The van der Waals surface area contributed by atoms with Crippen LogP contribution in [0.25, 0.3) is 0 Å². The Bertz CT molecular complexity index is 299. The molecule has 0 radical (unpaired) electrons. The number of alkyl halides is 1. The van der Waals surface area contributed by atoms with E-state index in [-0.39, 0.29) is 0 Å². The van der Waals surface area contributed by atoms with E-state index in [2.05, 4.69) is 58.6 Å². The topological polar surface area (TPSA) is 24.1 Å². The van der Waals surface area contributed by atoms with Crippen molar-refractivity contribution < 1.29 is 0 Å². The Morgan fingerprint density at radius 1 is 1.43 bits per heavy atom. The summed E-state index contributed by atoms with van der Waals surface area (Å²) in [7, 11) is 1.95. The van der Waals surface area contributed by atoms with Gasteiger partial charge in [-0.1, -0.05) is 28.1 Å². The molecule has 0 fully saturated rings. The quantitative estimate of drug-likeness (QED) is 0.640. The molecule has 2 nitrogen and oxygen atoms in total. The van der Waals surface area contributed by atoms with Crippen LogP contribution in [0.15, 0.2) is 18.2 Å². The van der Waals surface area contributed by atoms with Gasteiger partial charge in [-0.05, 0) is 38.1 Å². The van der Waals surface area contributed by atoms with Crippen LogP contribution in [0.3, 0.4) is 0 Å². The maximum atomic E-state index is 3.46. The smallest absolute Gasteiger partial charge is 0.0736 e. The number of aryl methyl sites for hydroxylation is 1. The highest BCUT2D eigenvalue weighted by Gasteiger charge is 2.02. The fourth-order valence-corrected chi connectivity index (χ4v) is 1.56. The number of halogens is 1. The molecule has 1 aromatic carbocycles. The van der Waals surface area contributed by atoms with Gasteiger partial charge in [0.05, 0.1) is 6.17 Å². The third kappa shape index (κ3) is 3.00. The lowest BCUT2D eigenvalue weighted by molar-refractivity contribution is 0.682. The lowest BCUT2D eigenvalue weighted by Crippen LogP contribution is -2.30. The van der Waals surface area contributed by atoms with Gasteiger partial charge < -0.3 is 10.6 Å². The molecule has 1 aromatic rings. The molecule has 0 aliphatic carbocycles. The van der Waals surface area contributed by atoms with Crippen molar-refractivity contribution in [3.8, 4) is 0 Å². The summed E-state index contributed by atoms with van der Waals surface area (Å²) in [6.45, 7) is 4.21. The third-order valence-corrected chi connectivity index (χ3v) is 2.91. The highest BCUT2D eigenvalue weighted by molar-refractivity contribution is 9.08. The molecule has 0 bridgehead atoms. The van der Waals surface area contributed by atoms with Crippen LogP contribution in [0, 0.1) is 6.92 Å². The van der Waals surface area contributed by atoms with Gasteiger partial charge in [-0.2, -0.15) is 0 Å². The van der Waals surface area contributed by atoms with Crippen LogP contribution in [0.1, 0.15) is 18.1 Å². The monoisotopic (exact) mass is 256 g/mol. The van der Waals surface area contributed by atoms with Crippen LogP contribution in [0.5, 0.6) is 0 Å². The summed E-state index contributed by atoms with van der Waals surface area (Å²) in [5.74, 6) is 0. The first-order valence-corrected chi connectivity index (χ1v) is 5.89. The standard InChI is InChI=1S/C11H17BrN2/c1-8-4-5-10(7-12)6-11(8)14-9(2)13-3/h4-6,9,13-14H,7H2,1-3H3. The van der Waals surface area contributed by atoms with Crippen molar-refractivity contribution in [2.75, 3.05) is 12.4 Å². The first-order valence-electron chi connectivity index (χ1n) is 4.76. The highest BCUT2D eigenvalue weighted by Crippen LogP contribution is 2.18. The zero-order chi connectivity index (χ0) is 10.6. The summed E-state index contributed by atoms with van der Waals surface area (Å²) in [4.78, 5) is 0. The molecular weight excluding hydrogens is 240 g/mol. The lowest BCUT2D eigenvalue weighted by Gasteiger charge is -2.16. The molecular formula is C11H17BrN2. The third-order valence-electron chi connectivity index (χ3n) is 2.26. The maximum Gasteiger partial charge on any atom is 0.0736 e. The average Bonchev–Trinajstić information content (AvgIpc) is 2.21. The predicted octanol–water partition coefficient (Wildman–Crippen LogP) is 2.87. The number of benzene rings is 1. The Morgan fingerprint density at radius 2 is 2.14 bits per heavy atom. The van der Waals surface area contributed by atoms with E-state index in [4.69, 9.17) is 0 Å². The molecule has 0 saturated carbocycles. The van der Waals surface area contributed by atoms with Crippen LogP contribution in [-0.4, -0.2) is 13.2 Å². The molecule has 0 aromatic heterocycles. The lowest BCUT2D eigenvalue weighted by atomic mass is 10.1. The van der Waals surface area contributed by atoms with E-state index in [0.717, 1.165) is 5.33 Å². The largest absolute Gasteiger partial charge is 0.370 e. The van der Waals surface area contributed by atoms with Crippen molar-refractivity contribution in [2.45, 2.75) is 25.3 Å². The van der Waals surface area contributed by atoms with Gasteiger partial charge in [0.2, 0.25) is 0 Å². The fraction of sp³-hybridized carbons (Fsp3) is 0.455. The summed E-state index contributed by atoms with van der Waals surface area (Å²) in [6.07, 6.45) is 0.291. The van der Waals surface area contributed by atoms with Gasteiger partial charge in [-0.3, -0.25) is 0 Å². The van der Waals surface area contributed by atoms with E-state index in [1.165, 1.54) is 16.8 Å². The summed E-state index contributed by atoms with van der Waals surface area (Å²) >= 11 is 3.46. The van der Waals surface area contributed by atoms with Crippen molar-refractivity contribution in [1.82, 2.24) is 5.32 Å². The Balaban J connectivity index is 2.83. The van der Waals surface area contributed by atoms with E-state index in [1.807, 2.05) is 7.05 Å². The number of nitrogens with one attached hydrogen (secondary N) is 2. The normalized spacial score (nSPS) is 12.6. The number of rotatable bonds is 4. The first-order chi connectivity index (χ1) is 6.67. The first kappa shape index (κ1) is 11.5. The van der Waals surface area contributed by atoms with Gasteiger partial charge in [0.1, 0.15) is 0 Å². The zero-order valence-electron chi connectivity index (χ0n) is 8.89. The summed E-state index contributed by atoms with van der Waals surface area (Å²) < 4.78 is 0.